The Kier molecular flexibility index (Phi) is 11.4. The van der Waals surface area contributed by atoms with Crippen molar-refractivity contribution < 1.29 is 38.6 Å². The summed E-state index contributed by atoms with van der Waals surface area (Å²) in [7, 11) is 0. The van der Waals surface area contributed by atoms with E-state index in [0.29, 0.717) is 17.4 Å². The summed E-state index contributed by atoms with van der Waals surface area (Å²) in [5.41, 5.74) is 1.31. The summed E-state index contributed by atoms with van der Waals surface area (Å²) < 4.78 is 11.9. The number of aliphatic carboxylic acids is 1. The van der Waals surface area contributed by atoms with E-state index in [1.165, 1.54) is 15.9 Å². The molecule has 3 aromatic rings. The maximum Gasteiger partial charge on any atom is 0.409 e. The van der Waals surface area contributed by atoms with Crippen LogP contribution in [0.25, 0.3) is 10.9 Å². The molecule has 15 heteroatoms. The lowest BCUT2D eigenvalue weighted by molar-refractivity contribution is -0.138. The highest BCUT2D eigenvalue weighted by Crippen LogP contribution is 2.33. The van der Waals surface area contributed by atoms with Gasteiger partial charge in [0.25, 0.3) is 11.8 Å². The summed E-state index contributed by atoms with van der Waals surface area (Å²) in [5, 5.41) is 12.6. The van der Waals surface area contributed by atoms with E-state index in [1.807, 2.05) is 6.07 Å². The molecule has 2 aliphatic heterocycles. The van der Waals surface area contributed by atoms with Gasteiger partial charge in [0.15, 0.2) is 6.61 Å². The van der Waals surface area contributed by atoms with Crippen LogP contribution in [0.1, 0.15) is 54.7 Å². The number of halogens is 1. The number of pyridine rings is 2. The highest BCUT2D eigenvalue weighted by molar-refractivity contribution is 9.10. The van der Waals surface area contributed by atoms with E-state index < -0.39 is 29.9 Å². The third-order valence-electron chi connectivity index (χ3n) is 8.31. The summed E-state index contributed by atoms with van der Waals surface area (Å²) in [5.74, 6) is -2.23. The van der Waals surface area contributed by atoms with E-state index in [1.54, 1.807) is 48.5 Å². The number of hydrogen-bond acceptors (Lipinski definition) is 9. The number of fused-ring (bicyclic) bond motifs is 1. The van der Waals surface area contributed by atoms with Crippen molar-refractivity contribution >= 4 is 56.6 Å². The Morgan fingerprint density at radius 1 is 1.04 bits per heavy atom. The van der Waals surface area contributed by atoms with E-state index >= 15 is 0 Å². The predicted molar refractivity (Wildman–Crippen MR) is 176 cm³/mol. The molecule has 2 saturated heterocycles. The third-order valence-corrected chi connectivity index (χ3v) is 8.75. The molecule has 4 heterocycles. The van der Waals surface area contributed by atoms with Gasteiger partial charge in [-0.1, -0.05) is 12.1 Å². The highest BCUT2D eigenvalue weighted by Gasteiger charge is 2.32. The molecule has 2 N–H and O–H groups in total. The molecular weight excluding hydrogens is 688 g/mol. The quantitative estimate of drug-likeness (QED) is 0.299. The molecule has 1 aromatic carbocycles. The first-order valence-corrected chi connectivity index (χ1v) is 16.6. The first kappa shape index (κ1) is 34.5. The molecule has 0 radical (unpaired) electrons. The first-order chi connectivity index (χ1) is 23.1. The fraction of sp³-hybridized carbons (Fsp3) is 0.424. The number of hydrogen-bond donors (Lipinski definition) is 2. The number of likely N-dealkylation sites (tertiary alicyclic amines) is 1. The summed E-state index contributed by atoms with van der Waals surface area (Å²) in [6.07, 6.45) is 4.12. The Hall–Kier alpha value is -4.79. The van der Waals surface area contributed by atoms with Crippen LogP contribution in [0.2, 0.25) is 0 Å². The highest BCUT2D eigenvalue weighted by atomic mass is 79.9. The van der Waals surface area contributed by atoms with Crippen LogP contribution in [0, 0.1) is 0 Å². The minimum Gasteiger partial charge on any atom is -0.483 e. The number of nitrogens with zero attached hydrogens (tertiary/aromatic N) is 5. The van der Waals surface area contributed by atoms with Crippen LogP contribution < -0.4 is 10.1 Å². The molecule has 2 atom stereocenters. The van der Waals surface area contributed by atoms with Crippen molar-refractivity contribution in [3.63, 3.8) is 0 Å². The third kappa shape index (κ3) is 8.37. The van der Waals surface area contributed by atoms with E-state index in [-0.39, 0.29) is 75.6 Å². The molecule has 2 aliphatic rings. The van der Waals surface area contributed by atoms with Gasteiger partial charge in [-0.2, -0.15) is 0 Å². The van der Waals surface area contributed by atoms with Crippen molar-refractivity contribution in [1.29, 1.82) is 0 Å². The first-order valence-electron chi connectivity index (χ1n) is 15.8. The molecule has 2 aromatic heterocycles. The Morgan fingerprint density at radius 2 is 1.79 bits per heavy atom. The summed E-state index contributed by atoms with van der Waals surface area (Å²) in [6.45, 7) is 3.14. The number of ether oxygens (including phenoxy) is 2. The lowest BCUT2D eigenvalue weighted by atomic mass is 10.1. The van der Waals surface area contributed by atoms with Gasteiger partial charge in [0.1, 0.15) is 17.5 Å². The van der Waals surface area contributed by atoms with Gasteiger partial charge in [-0.25, -0.2) is 9.78 Å². The molecule has 4 amide bonds. The summed E-state index contributed by atoms with van der Waals surface area (Å²) in [4.78, 5) is 77.4. The fourth-order valence-electron chi connectivity index (χ4n) is 5.93. The zero-order valence-electron chi connectivity index (χ0n) is 26.5. The van der Waals surface area contributed by atoms with Crippen LogP contribution in [-0.4, -0.2) is 112 Å². The van der Waals surface area contributed by atoms with E-state index in [9.17, 15) is 29.1 Å². The molecule has 0 saturated carbocycles. The van der Waals surface area contributed by atoms with Gasteiger partial charge < -0.3 is 34.6 Å². The summed E-state index contributed by atoms with van der Waals surface area (Å²) >= 11 is 3.44. The summed E-state index contributed by atoms with van der Waals surface area (Å²) in [6, 6.07) is 9.10. The fourth-order valence-corrected chi connectivity index (χ4v) is 6.31. The van der Waals surface area contributed by atoms with Crippen molar-refractivity contribution in [2.45, 2.75) is 44.7 Å². The maximum absolute atomic E-state index is 13.6. The van der Waals surface area contributed by atoms with Crippen LogP contribution in [-0.2, 0) is 19.1 Å². The Bertz CT molecular complexity index is 1680. The monoisotopic (exact) mass is 724 g/mol. The number of benzene rings is 1. The van der Waals surface area contributed by atoms with E-state index in [4.69, 9.17) is 9.47 Å². The van der Waals surface area contributed by atoms with Crippen LogP contribution in [0.15, 0.2) is 53.3 Å². The van der Waals surface area contributed by atoms with Gasteiger partial charge in [0.2, 0.25) is 5.91 Å². The Labute approximate surface area is 285 Å². The van der Waals surface area contributed by atoms with Crippen LogP contribution in [0.4, 0.5) is 4.79 Å². The van der Waals surface area contributed by atoms with Crippen LogP contribution in [0.5, 0.6) is 5.75 Å². The van der Waals surface area contributed by atoms with Gasteiger partial charge in [0.05, 0.1) is 18.2 Å². The number of carboxylic acid groups (broad SMARTS) is 1. The molecule has 14 nitrogen and oxygen atoms in total. The zero-order chi connectivity index (χ0) is 34.2. The van der Waals surface area contributed by atoms with Gasteiger partial charge in [-0.3, -0.25) is 24.2 Å². The molecule has 0 spiro atoms. The number of carboxylic acids is 1. The number of para-hydroxylation sites is 1. The smallest absolute Gasteiger partial charge is 0.409 e. The zero-order valence-corrected chi connectivity index (χ0v) is 28.1. The standard InChI is InChI=1S/C33H37BrN6O8/c1-2-47-33(46)39-14-12-38(13-15-39)32(45)25(9-10-30(42)43)37-31(44)26-17-28(23-6-3-4-7-24(23)36-26)48-20-29(41)40-11-5-8-27(40)21-16-22(34)19-35-18-21/h3-4,6-7,16-19,25,27H,2,5,8-15,20H2,1H3,(H,37,44)(H,42,43). The molecule has 5 rings (SSSR count). The number of carbonyl (C=O) groups excluding carboxylic acids is 4. The molecular formula is C33H37BrN6O8. The minimum absolute atomic E-state index is 0.0596. The SMILES string of the molecule is CCOC(=O)N1CCN(C(=O)C(CCC(=O)O)NC(=O)c2cc(OCC(=O)N3CCCC3c3cncc(Br)c3)c3ccccc3n2)CC1. The van der Waals surface area contributed by atoms with E-state index in [2.05, 4.69) is 31.2 Å². The van der Waals surface area contributed by atoms with Gasteiger partial charge in [-0.05, 0) is 65.9 Å². The molecule has 0 aliphatic carbocycles. The van der Waals surface area contributed by atoms with Crippen LogP contribution in [0.3, 0.4) is 0 Å². The minimum atomic E-state index is -1.15. The maximum atomic E-state index is 13.6. The average Bonchev–Trinajstić information content (AvgIpc) is 3.59. The number of piperazine rings is 1. The normalized spacial score (nSPS) is 16.8. The largest absolute Gasteiger partial charge is 0.483 e. The number of aromatic nitrogens is 2. The van der Waals surface area contributed by atoms with Crippen molar-refractivity contribution in [1.82, 2.24) is 30.0 Å². The lowest BCUT2D eigenvalue weighted by Gasteiger charge is -2.35. The topological polar surface area (TPSA) is 172 Å². The van der Waals surface area contributed by atoms with Crippen molar-refractivity contribution in [3.05, 3.63) is 64.5 Å². The second-order valence-corrected chi connectivity index (χ2v) is 12.4. The lowest BCUT2D eigenvalue weighted by Crippen LogP contribution is -2.56. The van der Waals surface area contributed by atoms with E-state index in [0.717, 1.165) is 22.9 Å². The van der Waals surface area contributed by atoms with Crippen molar-refractivity contribution in [2.75, 3.05) is 45.9 Å². The predicted octanol–water partition coefficient (Wildman–Crippen LogP) is 3.40. The molecule has 2 fully saturated rings. The Morgan fingerprint density at radius 3 is 2.52 bits per heavy atom. The number of carbonyl (C=O) groups is 5. The van der Waals surface area contributed by atoms with Gasteiger partial charge >= 0.3 is 12.1 Å². The number of nitrogens with one attached hydrogen (secondary N) is 1. The van der Waals surface area contributed by atoms with Crippen LogP contribution >= 0.6 is 15.9 Å². The number of rotatable bonds is 11. The molecule has 48 heavy (non-hydrogen) atoms. The molecule has 254 valence electrons. The second-order valence-electron chi connectivity index (χ2n) is 11.5. The number of amides is 4. The molecule has 0 bridgehead atoms. The van der Waals surface area contributed by atoms with Crippen molar-refractivity contribution in [2.24, 2.45) is 0 Å². The van der Waals surface area contributed by atoms with Gasteiger partial charge in [-0.15, -0.1) is 0 Å². The second kappa shape index (κ2) is 15.9. The molecule has 2 unspecified atom stereocenters. The Balaban J connectivity index is 1.30. The van der Waals surface area contributed by atoms with Crippen molar-refractivity contribution in [3.8, 4) is 5.75 Å². The average molecular weight is 726 g/mol. The van der Waals surface area contributed by atoms with Gasteiger partial charge in [0, 0.05) is 67.5 Å².